The average Bonchev–Trinajstić information content (AvgIpc) is 4.10. The van der Waals surface area contributed by atoms with Crippen LogP contribution in [0.15, 0.2) is 200 Å². The molecule has 0 spiro atoms. The van der Waals surface area contributed by atoms with E-state index in [2.05, 4.69) is 200 Å². The van der Waals surface area contributed by atoms with Crippen molar-refractivity contribution in [3.8, 4) is 23.5 Å². The van der Waals surface area contributed by atoms with Gasteiger partial charge in [0.05, 0.1) is 60.9 Å². The maximum absolute atomic E-state index is 5.53. The number of hydrogen-bond donors (Lipinski definition) is 0. The van der Waals surface area contributed by atoms with Crippen LogP contribution in [0.5, 0.6) is 0 Å². The molecule has 0 amide bonds. The molecule has 0 aliphatic heterocycles. The molecule has 0 saturated heterocycles. The van der Waals surface area contributed by atoms with E-state index in [1.165, 1.54) is 0 Å². The molecule has 66 heavy (non-hydrogen) atoms. The summed E-state index contributed by atoms with van der Waals surface area (Å²) in [6.07, 6.45) is 3.74. The summed E-state index contributed by atoms with van der Waals surface area (Å²) in [7, 11) is 0. The predicted molar refractivity (Wildman–Crippen MR) is 268 cm³/mol. The molecule has 0 unspecified atom stereocenters. The predicted octanol–water partition coefficient (Wildman–Crippen LogP) is 13.4. The van der Waals surface area contributed by atoms with Crippen LogP contribution in [0.1, 0.15) is 0 Å². The number of aromatic nitrogens is 9. The third-order valence-electron chi connectivity index (χ3n) is 13.5. The van der Waals surface area contributed by atoms with E-state index in [0.29, 0.717) is 17.8 Å². The highest BCUT2D eigenvalue weighted by Crippen LogP contribution is 2.41. The number of para-hydroxylation sites is 6. The third kappa shape index (κ3) is 4.74. The van der Waals surface area contributed by atoms with E-state index in [9.17, 15) is 0 Å². The molecule has 0 aliphatic rings. The van der Waals surface area contributed by atoms with E-state index in [-0.39, 0.29) is 0 Å². The summed E-state index contributed by atoms with van der Waals surface area (Å²) < 4.78 is 8.98. The zero-order valence-corrected chi connectivity index (χ0v) is 35.1. The number of hydrogen-bond acceptors (Lipinski definition) is 5. The van der Waals surface area contributed by atoms with Crippen molar-refractivity contribution in [1.29, 1.82) is 0 Å². The summed E-state index contributed by atoms with van der Waals surface area (Å²) in [6.45, 7) is 0. The van der Waals surface area contributed by atoms with Gasteiger partial charge in [-0.05, 0) is 66.7 Å². The average molecular weight is 844 g/mol. The Morgan fingerprint density at radius 2 is 0.652 bits per heavy atom. The zero-order valence-electron chi connectivity index (χ0n) is 35.1. The summed E-state index contributed by atoms with van der Waals surface area (Å²) in [5.74, 6) is 1.57. The second kappa shape index (κ2) is 13.2. The maximum Gasteiger partial charge on any atom is 0.241 e. The highest BCUT2D eigenvalue weighted by molar-refractivity contribution is 6.20. The minimum atomic E-state index is 0.513. The van der Waals surface area contributed by atoms with Crippen molar-refractivity contribution < 1.29 is 0 Å². The molecule has 7 aromatic heterocycles. The van der Waals surface area contributed by atoms with Crippen molar-refractivity contribution in [3.63, 3.8) is 0 Å². The Balaban J connectivity index is 1.08. The molecular weight excluding hydrogens is 811 g/mol. The fourth-order valence-electron chi connectivity index (χ4n) is 10.8. The first-order chi connectivity index (χ1) is 32.8. The molecule has 9 nitrogen and oxygen atoms in total. The lowest BCUT2D eigenvalue weighted by atomic mass is 10.1. The molecule has 0 fully saturated rings. The van der Waals surface area contributed by atoms with E-state index in [4.69, 9.17) is 24.9 Å². The second-order valence-electron chi connectivity index (χ2n) is 16.9. The van der Waals surface area contributed by atoms with Crippen molar-refractivity contribution >= 4 is 109 Å². The summed E-state index contributed by atoms with van der Waals surface area (Å²) in [6, 6.07) is 66.4. The smallest absolute Gasteiger partial charge is 0.241 e. The SMILES string of the molecule is c1cnc2c(c1)ccc1c(-n3c4ccccc4c4cc5c6ccccc6n(-c6nc(-n7c8ccccc8c8ccccc87)nc(-n7c8ccccc8c8ccccc87)n6)c5cc43)ccnc12. The van der Waals surface area contributed by atoms with E-state index in [0.717, 1.165) is 115 Å². The Morgan fingerprint density at radius 3 is 1.14 bits per heavy atom. The molecule has 306 valence electrons. The zero-order chi connectivity index (χ0) is 43.0. The maximum atomic E-state index is 5.53. The van der Waals surface area contributed by atoms with Crippen LogP contribution >= 0.6 is 0 Å². The normalized spacial score (nSPS) is 12.2. The van der Waals surface area contributed by atoms with E-state index < -0.39 is 0 Å². The van der Waals surface area contributed by atoms with Gasteiger partial charge in [0.25, 0.3) is 0 Å². The lowest BCUT2D eigenvalue weighted by Crippen LogP contribution is -2.13. The second-order valence-corrected chi connectivity index (χ2v) is 16.9. The molecule has 0 radical (unpaired) electrons. The highest BCUT2D eigenvalue weighted by Gasteiger charge is 2.24. The van der Waals surface area contributed by atoms with Gasteiger partial charge in [-0.2, -0.15) is 15.0 Å². The molecular formula is C57H33N9. The van der Waals surface area contributed by atoms with Crippen LogP contribution in [0.4, 0.5) is 0 Å². The van der Waals surface area contributed by atoms with Crippen molar-refractivity contribution in [2.45, 2.75) is 0 Å². The van der Waals surface area contributed by atoms with Crippen molar-refractivity contribution in [2.24, 2.45) is 0 Å². The molecule has 0 aliphatic carbocycles. The fraction of sp³-hybridized carbons (Fsp3) is 0. The van der Waals surface area contributed by atoms with Crippen LogP contribution < -0.4 is 0 Å². The Labute approximate surface area is 374 Å². The summed E-state index contributed by atoms with van der Waals surface area (Å²) in [5.41, 5.74) is 11.0. The van der Waals surface area contributed by atoms with Crippen LogP contribution in [0.2, 0.25) is 0 Å². The van der Waals surface area contributed by atoms with Crippen LogP contribution in [0.3, 0.4) is 0 Å². The van der Waals surface area contributed by atoms with Crippen molar-refractivity contribution in [2.75, 3.05) is 0 Å². The molecule has 0 saturated carbocycles. The standard InChI is InChI=1S/C57H33N9/c1-8-22-45-35(15-1)36-16-2-9-23-46(36)64(45)55-60-56(65-47-24-10-3-17-37(47)38-18-4-11-25-48(38)65)62-57(61-55)66-49-26-12-6-20-40(49)43-32-42-39-19-5-7-21-44(39)63(51(42)33-52(43)66)50-29-31-59-54-41(50)28-27-34-14-13-30-58-53(34)54/h1-33H. The first-order valence-corrected chi connectivity index (χ1v) is 22.1. The minimum Gasteiger partial charge on any atom is -0.308 e. The quantitative estimate of drug-likeness (QED) is 0.165. The lowest BCUT2D eigenvalue weighted by molar-refractivity contribution is 0.848. The molecule has 15 rings (SSSR count). The van der Waals surface area contributed by atoms with Gasteiger partial charge in [0.2, 0.25) is 17.8 Å². The van der Waals surface area contributed by atoms with Gasteiger partial charge in [0.15, 0.2) is 0 Å². The van der Waals surface area contributed by atoms with Crippen LogP contribution in [0, 0.1) is 0 Å². The largest absolute Gasteiger partial charge is 0.308 e. The van der Waals surface area contributed by atoms with E-state index in [1.54, 1.807) is 0 Å². The Hall–Kier alpha value is -9.21. The van der Waals surface area contributed by atoms with Crippen LogP contribution in [-0.4, -0.2) is 43.2 Å². The molecule has 7 heterocycles. The topological polar surface area (TPSA) is 84.2 Å². The van der Waals surface area contributed by atoms with E-state index in [1.807, 2.05) is 18.5 Å². The van der Waals surface area contributed by atoms with Crippen LogP contribution in [0.25, 0.3) is 133 Å². The molecule has 8 aromatic carbocycles. The number of fused-ring (bicyclic) bond motifs is 15. The van der Waals surface area contributed by atoms with Gasteiger partial charge in [0, 0.05) is 66.3 Å². The molecule has 9 heteroatoms. The van der Waals surface area contributed by atoms with Gasteiger partial charge in [-0.25, -0.2) is 0 Å². The Bertz CT molecular complexity index is 4310. The fourth-order valence-corrected chi connectivity index (χ4v) is 10.8. The summed E-state index contributed by atoms with van der Waals surface area (Å²) >= 11 is 0. The molecule has 0 bridgehead atoms. The van der Waals surface area contributed by atoms with Gasteiger partial charge in [-0.1, -0.05) is 121 Å². The lowest BCUT2D eigenvalue weighted by Gasteiger charge is -2.14. The van der Waals surface area contributed by atoms with Crippen molar-refractivity contribution in [1.82, 2.24) is 43.2 Å². The van der Waals surface area contributed by atoms with Gasteiger partial charge in [0.1, 0.15) is 0 Å². The van der Waals surface area contributed by atoms with Gasteiger partial charge in [-0.15, -0.1) is 0 Å². The third-order valence-corrected chi connectivity index (χ3v) is 13.5. The minimum absolute atomic E-state index is 0.513. The summed E-state index contributed by atoms with van der Waals surface area (Å²) in [5, 5.41) is 11.1. The molecule has 15 aromatic rings. The number of rotatable bonds is 4. The molecule has 0 N–H and O–H groups in total. The monoisotopic (exact) mass is 843 g/mol. The van der Waals surface area contributed by atoms with Gasteiger partial charge >= 0.3 is 0 Å². The van der Waals surface area contributed by atoms with Crippen molar-refractivity contribution in [3.05, 3.63) is 200 Å². The molecule has 0 atom stereocenters. The Morgan fingerprint density at radius 1 is 0.258 bits per heavy atom. The Kier molecular flexibility index (Phi) is 7.04. The first-order valence-electron chi connectivity index (χ1n) is 22.1. The summed E-state index contributed by atoms with van der Waals surface area (Å²) in [4.78, 5) is 26.2. The number of benzene rings is 8. The number of nitrogens with zero attached hydrogens (tertiary/aromatic N) is 9. The van der Waals surface area contributed by atoms with Gasteiger partial charge < -0.3 is 4.57 Å². The van der Waals surface area contributed by atoms with Gasteiger partial charge in [-0.3, -0.25) is 23.7 Å². The number of pyridine rings is 2. The highest BCUT2D eigenvalue weighted by atomic mass is 15.3. The van der Waals surface area contributed by atoms with E-state index >= 15 is 0 Å². The first kappa shape index (κ1) is 35.3. The van der Waals surface area contributed by atoms with Crippen LogP contribution in [-0.2, 0) is 0 Å².